The van der Waals surface area contributed by atoms with Crippen LogP contribution >= 0.6 is 0 Å². The fraction of sp³-hybridized carbons (Fsp3) is 0.241. The zero-order valence-electron chi connectivity index (χ0n) is 20.6. The summed E-state index contributed by atoms with van der Waals surface area (Å²) in [6.45, 7) is 0.722. The number of rotatable bonds is 7. The molecule has 3 aromatic carbocycles. The fourth-order valence-corrected chi connectivity index (χ4v) is 5.19. The summed E-state index contributed by atoms with van der Waals surface area (Å²) in [5.74, 6) is -0.276. The highest BCUT2D eigenvalue weighted by atomic mass is 16.5. The van der Waals surface area contributed by atoms with Gasteiger partial charge in [-0.15, -0.1) is 0 Å². The van der Waals surface area contributed by atoms with E-state index < -0.39 is 12.0 Å². The Balaban J connectivity index is 1.68. The van der Waals surface area contributed by atoms with E-state index in [1.54, 1.807) is 31.3 Å². The lowest BCUT2D eigenvalue weighted by atomic mass is 9.79. The summed E-state index contributed by atoms with van der Waals surface area (Å²) < 4.78 is 12.7. The van der Waals surface area contributed by atoms with Crippen LogP contribution in [0.1, 0.15) is 33.4 Å². The van der Waals surface area contributed by atoms with Gasteiger partial charge in [0.05, 0.1) is 25.7 Å². The van der Waals surface area contributed by atoms with E-state index in [9.17, 15) is 9.59 Å². The molecule has 1 aromatic heterocycles. The Morgan fingerprint density at radius 3 is 2.56 bits per heavy atom. The minimum absolute atomic E-state index is 0.106. The number of carbonyl (C=O) groups is 2. The van der Waals surface area contributed by atoms with Gasteiger partial charge in [0.15, 0.2) is 0 Å². The highest BCUT2D eigenvalue weighted by Gasteiger charge is 2.45. The third-order valence-electron chi connectivity index (χ3n) is 6.84. The molecular formula is C29H29N3O4. The number of aryl methyl sites for hydroxylation is 1. The van der Waals surface area contributed by atoms with Crippen molar-refractivity contribution in [2.75, 3.05) is 32.7 Å². The number of amides is 2. The van der Waals surface area contributed by atoms with Crippen molar-refractivity contribution in [3.8, 4) is 5.75 Å². The highest BCUT2D eigenvalue weighted by molar-refractivity contribution is 6.05. The summed E-state index contributed by atoms with van der Waals surface area (Å²) in [5.41, 5.74) is 3.86. The van der Waals surface area contributed by atoms with Crippen molar-refractivity contribution < 1.29 is 19.1 Å². The Morgan fingerprint density at radius 1 is 0.972 bits per heavy atom. The third kappa shape index (κ3) is 4.12. The first-order chi connectivity index (χ1) is 17.5. The van der Waals surface area contributed by atoms with Gasteiger partial charge in [0.1, 0.15) is 5.75 Å². The third-order valence-corrected chi connectivity index (χ3v) is 6.84. The Kier molecular flexibility index (Phi) is 6.48. The number of nitrogens with zero attached hydrogens (tertiary/aromatic N) is 2. The SMILES string of the molecule is COCCN1C(=O)c2ccccc2[C@H](C(=O)Nc2cccc(OC)c2)[C@H]1c1cn(C)c2ccccc12. The van der Waals surface area contributed by atoms with E-state index in [1.165, 1.54) is 0 Å². The van der Waals surface area contributed by atoms with Crippen LogP contribution in [0.5, 0.6) is 5.75 Å². The number of nitrogens with one attached hydrogen (secondary N) is 1. The molecule has 0 radical (unpaired) electrons. The largest absolute Gasteiger partial charge is 0.497 e. The Hall–Kier alpha value is -4.10. The van der Waals surface area contributed by atoms with Gasteiger partial charge in [-0.1, -0.05) is 42.5 Å². The van der Waals surface area contributed by atoms with E-state index in [0.29, 0.717) is 30.2 Å². The molecule has 0 spiro atoms. The summed E-state index contributed by atoms with van der Waals surface area (Å²) >= 11 is 0. The predicted octanol–water partition coefficient (Wildman–Crippen LogP) is 4.75. The van der Waals surface area contributed by atoms with Crippen molar-refractivity contribution in [3.05, 3.63) is 95.7 Å². The Labute approximate surface area is 210 Å². The number of anilines is 1. The van der Waals surface area contributed by atoms with Gasteiger partial charge >= 0.3 is 0 Å². The number of fused-ring (bicyclic) bond motifs is 2. The molecule has 1 aliphatic rings. The monoisotopic (exact) mass is 483 g/mol. The Morgan fingerprint density at radius 2 is 1.75 bits per heavy atom. The van der Waals surface area contributed by atoms with Gasteiger partial charge < -0.3 is 24.3 Å². The molecule has 0 aliphatic carbocycles. The molecule has 36 heavy (non-hydrogen) atoms. The van der Waals surface area contributed by atoms with Crippen LogP contribution in [0.3, 0.4) is 0 Å². The Bertz CT molecular complexity index is 1430. The molecule has 2 atom stereocenters. The predicted molar refractivity (Wildman–Crippen MR) is 139 cm³/mol. The van der Waals surface area contributed by atoms with E-state index in [2.05, 4.69) is 5.32 Å². The van der Waals surface area contributed by atoms with Gasteiger partial charge in [-0.25, -0.2) is 0 Å². The van der Waals surface area contributed by atoms with E-state index in [4.69, 9.17) is 9.47 Å². The van der Waals surface area contributed by atoms with Crippen LogP contribution in [0.15, 0.2) is 79.0 Å². The molecule has 0 fully saturated rings. The number of methoxy groups -OCH3 is 2. The molecular weight excluding hydrogens is 454 g/mol. The summed E-state index contributed by atoms with van der Waals surface area (Å²) in [6.07, 6.45) is 2.03. The quantitative estimate of drug-likeness (QED) is 0.412. The molecule has 0 bridgehead atoms. The van der Waals surface area contributed by atoms with Gasteiger partial charge in [-0.2, -0.15) is 0 Å². The summed E-state index contributed by atoms with van der Waals surface area (Å²) in [7, 11) is 5.19. The number of hydrogen-bond donors (Lipinski definition) is 1. The minimum Gasteiger partial charge on any atom is -0.497 e. The second kappa shape index (κ2) is 9.87. The molecule has 1 N–H and O–H groups in total. The van der Waals surface area contributed by atoms with Crippen LogP contribution in [0, 0.1) is 0 Å². The normalized spacial score (nSPS) is 17.2. The highest BCUT2D eigenvalue weighted by Crippen LogP contribution is 2.45. The van der Waals surface area contributed by atoms with Gasteiger partial charge in [-0.05, 0) is 29.8 Å². The van der Waals surface area contributed by atoms with Gasteiger partial charge in [-0.3, -0.25) is 9.59 Å². The second-order valence-electron chi connectivity index (χ2n) is 8.93. The minimum atomic E-state index is -0.632. The van der Waals surface area contributed by atoms with Crippen molar-refractivity contribution in [1.82, 2.24) is 9.47 Å². The van der Waals surface area contributed by atoms with Crippen LogP contribution in [0.25, 0.3) is 10.9 Å². The molecule has 0 saturated carbocycles. The maximum absolute atomic E-state index is 14.1. The van der Waals surface area contributed by atoms with E-state index >= 15 is 0 Å². The smallest absolute Gasteiger partial charge is 0.254 e. The van der Waals surface area contributed by atoms with Gasteiger partial charge in [0.2, 0.25) is 5.91 Å². The lowest BCUT2D eigenvalue weighted by Crippen LogP contribution is -2.47. The number of carbonyl (C=O) groups excluding carboxylic acids is 2. The van der Waals surface area contributed by atoms with Crippen LogP contribution in [0.2, 0.25) is 0 Å². The first-order valence-electron chi connectivity index (χ1n) is 11.9. The molecule has 2 heterocycles. The van der Waals surface area contributed by atoms with Crippen molar-refractivity contribution >= 4 is 28.4 Å². The topological polar surface area (TPSA) is 72.8 Å². The van der Waals surface area contributed by atoms with E-state index in [0.717, 1.165) is 22.0 Å². The molecule has 5 rings (SSSR count). The van der Waals surface area contributed by atoms with Crippen LogP contribution in [0.4, 0.5) is 5.69 Å². The van der Waals surface area contributed by atoms with Crippen molar-refractivity contribution in [1.29, 1.82) is 0 Å². The number of ether oxygens (including phenoxy) is 2. The lowest BCUT2D eigenvalue weighted by molar-refractivity contribution is -0.119. The number of benzene rings is 3. The molecule has 184 valence electrons. The molecule has 0 unspecified atom stereocenters. The van der Waals surface area contributed by atoms with E-state index in [1.807, 2.05) is 78.5 Å². The number of hydrogen-bond acceptors (Lipinski definition) is 4. The first kappa shape index (κ1) is 23.6. The zero-order valence-corrected chi connectivity index (χ0v) is 20.6. The standard InChI is InChI=1S/C29H29N3O4/c1-31-18-24(21-11-6-7-14-25(21)31)27-26(28(33)30-19-9-8-10-20(17-19)36-3)22-12-4-5-13-23(22)29(34)32(27)15-16-35-2/h4-14,17-18,26-27H,15-16H2,1-3H3,(H,30,33)/t26-,27+/m0/s1. The van der Waals surface area contributed by atoms with E-state index in [-0.39, 0.29) is 11.8 Å². The van der Waals surface area contributed by atoms with Crippen LogP contribution in [-0.4, -0.2) is 48.7 Å². The van der Waals surface area contributed by atoms with Gasteiger partial charge in [0, 0.05) is 60.7 Å². The lowest BCUT2D eigenvalue weighted by Gasteiger charge is -2.41. The van der Waals surface area contributed by atoms with Crippen molar-refractivity contribution in [3.63, 3.8) is 0 Å². The number of para-hydroxylation sites is 1. The summed E-state index contributed by atoms with van der Waals surface area (Å²) in [5, 5.41) is 4.09. The molecule has 7 nitrogen and oxygen atoms in total. The maximum Gasteiger partial charge on any atom is 0.254 e. The molecule has 2 amide bonds. The van der Waals surface area contributed by atoms with Gasteiger partial charge in [0.25, 0.3) is 5.91 Å². The average Bonchev–Trinajstić information content (AvgIpc) is 3.24. The number of aromatic nitrogens is 1. The van der Waals surface area contributed by atoms with Crippen molar-refractivity contribution in [2.45, 2.75) is 12.0 Å². The maximum atomic E-state index is 14.1. The van der Waals surface area contributed by atoms with Crippen LogP contribution in [-0.2, 0) is 16.6 Å². The van der Waals surface area contributed by atoms with Crippen LogP contribution < -0.4 is 10.1 Å². The first-order valence-corrected chi connectivity index (χ1v) is 11.9. The average molecular weight is 484 g/mol. The molecule has 7 heteroatoms. The fourth-order valence-electron chi connectivity index (χ4n) is 5.19. The summed E-state index contributed by atoms with van der Waals surface area (Å²) in [4.78, 5) is 29.6. The summed E-state index contributed by atoms with van der Waals surface area (Å²) in [6, 6.07) is 22.2. The zero-order chi connectivity index (χ0) is 25.2. The second-order valence-corrected chi connectivity index (χ2v) is 8.93. The van der Waals surface area contributed by atoms with Crippen molar-refractivity contribution in [2.24, 2.45) is 7.05 Å². The molecule has 0 saturated heterocycles. The molecule has 4 aromatic rings. The molecule has 1 aliphatic heterocycles.